The van der Waals surface area contributed by atoms with Gasteiger partial charge in [0.25, 0.3) is 11.8 Å². The van der Waals surface area contributed by atoms with Crippen LogP contribution >= 0.6 is 0 Å². The maximum absolute atomic E-state index is 13.6. The van der Waals surface area contributed by atoms with Gasteiger partial charge in [-0.25, -0.2) is 0 Å². The van der Waals surface area contributed by atoms with Crippen molar-refractivity contribution in [2.24, 2.45) is 5.92 Å². The van der Waals surface area contributed by atoms with Crippen molar-refractivity contribution in [3.63, 3.8) is 0 Å². The van der Waals surface area contributed by atoms with E-state index in [9.17, 15) is 9.59 Å². The van der Waals surface area contributed by atoms with Crippen molar-refractivity contribution >= 4 is 23.2 Å². The predicted molar refractivity (Wildman–Crippen MR) is 148 cm³/mol. The van der Waals surface area contributed by atoms with Crippen LogP contribution in [0.15, 0.2) is 72.8 Å². The second-order valence-corrected chi connectivity index (χ2v) is 10.0. The number of carbonyl (C=O) groups is 2. The Balaban J connectivity index is 1.32. The van der Waals surface area contributed by atoms with E-state index in [1.807, 2.05) is 23.1 Å². The van der Waals surface area contributed by atoms with Gasteiger partial charge < -0.3 is 19.9 Å². The molecule has 192 valence electrons. The molecule has 6 heteroatoms. The van der Waals surface area contributed by atoms with Crippen LogP contribution in [0.3, 0.4) is 0 Å². The van der Waals surface area contributed by atoms with Gasteiger partial charge in [0.05, 0.1) is 12.7 Å². The van der Waals surface area contributed by atoms with Gasteiger partial charge in [-0.3, -0.25) is 9.59 Å². The molecule has 0 unspecified atom stereocenters. The molecule has 2 saturated heterocycles. The summed E-state index contributed by atoms with van der Waals surface area (Å²) in [5, 5.41) is 2.98. The molecular formula is C31H35N3O3. The van der Waals surface area contributed by atoms with Gasteiger partial charge in [0, 0.05) is 43.1 Å². The van der Waals surface area contributed by atoms with Gasteiger partial charge in [-0.15, -0.1) is 0 Å². The summed E-state index contributed by atoms with van der Waals surface area (Å²) in [7, 11) is 1.60. The SMILES string of the molecule is COc1ccc(C(=O)Nc2ccc(N3CCC(Cc4ccccc4)CC3)c(C(=O)N3CCCC3)c2)cc1. The molecule has 2 amide bonds. The summed E-state index contributed by atoms with van der Waals surface area (Å²) in [5.41, 5.74) is 4.21. The van der Waals surface area contributed by atoms with Crippen LogP contribution in [0.2, 0.25) is 0 Å². The predicted octanol–water partition coefficient (Wildman–Crippen LogP) is 5.64. The lowest BCUT2D eigenvalue weighted by atomic mass is 9.89. The van der Waals surface area contributed by atoms with E-state index in [1.54, 1.807) is 31.4 Å². The quantitative estimate of drug-likeness (QED) is 0.459. The zero-order chi connectivity index (χ0) is 25.6. The lowest BCUT2D eigenvalue weighted by Crippen LogP contribution is -2.36. The smallest absolute Gasteiger partial charge is 0.256 e. The fourth-order valence-corrected chi connectivity index (χ4v) is 5.42. The summed E-state index contributed by atoms with van der Waals surface area (Å²) < 4.78 is 5.19. The van der Waals surface area contributed by atoms with Crippen LogP contribution in [0.5, 0.6) is 5.75 Å². The number of piperidine rings is 1. The number of ether oxygens (including phenoxy) is 1. The maximum Gasteiger partial charge on any atom is 0.256 e. The number of carbonyl (C=O) groups excluding carboxylic acids is 2. The molecule has 1 N–H and O–H groups in total. The molecule has 2 fully saturated rings. The third-order valence-corrected chi connectivity index (χ3v) is 7.55. The van der Waals surface area contributed by atoms with E-state index in [1.165, 1.54) is 5.56 Å². The van der Waals surface area contributed by atoms with Crippen LogP contribution in [0.1, 0.15) is 52.0 Å². The third kappa shape index (κ3) is 5.96. The number of likely N-dealkylation sites (tertiary alicyclic amines) is 1. The summed E-state index contributed by atoms with van der Waals surface area (Å²) in [6.45, 7) is 3.43. The van der Waals surface area contributed by atoms with Gasteiger partial charge in [0.2, 0.25) is 0 Å². The topological polar surface area (TPSA) is 61.9 Å². The molecule has 0 bridgehead atoms. The Morgan fingerprint density at radius 2 is 1.59 bits per heavy atom. The Labute approximate surface area is 219 Å². The molecule has 6 nitrogen and oxygen atoms in total. The van der Waals surface area contributed by atoms with Gasteiger partial charge in [-0.05, 0) is 86.1 Å². The van der Waals surface area contributed by atoms with E-state index in [2.05, 4.69) is 40.5 Å². The van der Waals surface area contributed by atoms with E-state index in [0.717, 1.165) is 64.0 Å². The highest BCUT2D eigenvalue weighted by molar-refractivity contribution is 6.06. The lowest BCUT2D eigenvalue weighted by Gasteiger charge is -2.35. The van der Waals surface area contributed by atoms with Gasteiger partial charge in [0.15, 0.2) is 0 Å². The van der Waals surface area contributed by atoms with E-state index >= 15 is 0 Å². The first-order valence-electron chi connectivity index (χ1n) is 13.3. The number of nitrogens with zero attached hydrogens (tertiary/aromatic N) is 2. The zero-order valence-corrected chi connectivity index (χ0v) is 21.5. The van der Waals surface area contributed by atoms with Gasteiger partial charge in [-0.1, -0.05) is 30.3 Å². The molecule has 2 aliphatic heterocycles. The highest BCUT2D eigenvalue weighted by Crippen LogP contribution is 2.31. The monoisotopic (exact) mass is 497 g/mol. The normalized spacial score (nSPS) is 16.0. The second kappa shape index (κ2) is 11.5. The molecule has 0 aromatic heterocycles. The fraction of sp³-hybridized carbons (Fsp3) is 0.355. The number of anilines is 2. The van der Waals surface area contributed by atoms with Crippen LogP contribution in [-0.2, 0) is 6.42 Å². The molecule has 5 rings (SSSR count). The van der Waals surface area contributed by atoms with Crippen molar-refractivity contribution in [1.82, 2.24) is 4.90 Å². The molecule has 0 aliphatic carbocycles. The van der Waals surface area contributed by atoms with Gasteiger partial charge in [0.1, 0.15) is 5.75 Å². The first-order valence-corrected chi connectivity index (χ1v) is 13.3. The Hall–Kier alpha value is -3.80. The second-order valence-electron chi connectivity index (χ2n) is 10.0. The standard InChI is InChI=1S/C31H35N3O3/c1-37-27-12-9-25(10-13-27)30(35)32-26-11-14-29(28(22-26)31(36)34-17-5-6-18-34)33-19-15-24(16-20-33)21-23-7-3-2-4-8-23/h2-4,7-14,22,24H,5-6,15-21H2,1H3,(H,32,35). The summed E-state index contributed by atoms with van der Waals surface area (Å²) in [6, 6.07) is 23.5. The number of methoxy groups -OCH3 is 1. The number of rotatable bonds is 7. The number of nitrogens with one attached hydrogen (secondary N) is 1. The van der Waals surface area contributed by atoms with Gasteiger partial charge in [-0.2, -0.15) is 0 Å². The molecule has 3 aromatic rings. The summed E-state index contributed by atoms with van der Waals surface area (Å²) in [4.78, 5) is 30.7. The Morgan fingerprint density at radius 3 is 2.27 bits per heavy atom. The van der Waals surface area contributed by atoms with Crippen molar-refractivity contribution in [3.05, 3.63) is 89.5 Å². The van der Waals surface area contributed by atoms with Crippen LogP contribution < -0.4 is 15.0 Å². The molecule has 0 radical (unpaired) electrons. The van der Waals surface area contributed by atoms with Crippen LogP contribution in [0.4, 0.5) is 11.4 Å². The number of amides is 2. The third-order valence-electron chi connectivity index (χ3n) is 7.55. The maximum atomic E-state index is 13.6. The molecule has 0 spiro atoms. The molecule has 2 aliphatic rings. The Kier molecular flexibility index (Phi) is 7.73. The highest BCUT2D eigenvalue weighted by atomic mass is 16.5. The van der Waals surface area contributed by atoms with Crippen molar-refractivity contribution < 1.29 is 14.3 Å². The average Bonchev–Trinajstić information content (AvgIpc) is 3.49. The zero-order valence-electron chi connectivity index (χ0n) is 21.5. The molecule has 2 heterocycles. The van der Waals surface area contributed by atoms with E-state index < -0.39 is 0 Å². The average molecular weight is 498 g/mol. The van der Waals surface area contributed by atoms with Gasteiger partial charge >= 0.3 is 0 Å². The van der Waals surface area contributed by atoms with Crippen molar-refractivity contribution in [2.45, 2.75) is 32.1 Å². The molecule has 0 atom stereocenters. The van der Waals surface area contributed by atoms with Crippen molar-refractivity contribution in [3.8, 4) is 5.75 Å². The van der Waals surface area contributed by atoms with Crippen LogP contribution in [0, 0.1) is 5.92 Å². The first-order chi connectivity index (χ1) is 18.1. The van der Waals surface area contributed by atoms with E-state index in [4.69, 9.17) is 4.74 Å². The highest BCUT2D eigenvalue weighted by Gasteiger charge is 2.27. The van der Waals surface area contributed by atoms with Crippen LogP contribution in [0.25, 0.3) is 0 Å². The number of hydrogen-bond acceptors (Lipinski definition) is 4. The summed E-state index contributed by atoms with van der Waals surface area (Å²) in [6.07, 6.45) is 5.38. The first kappa shape index (κ1) is 24.9. The Bertz CT molecular complexity index is 1210. The van der Waals surface area contributed by atoms with Crippen LogP contribution in [-0.4, -0.2) is 50.0 Å². The fourth-order valence-electron chi connectivity index (χ4n) is 5.42. The molecule has 37 heavy (non-hydrogen) atoms. The molecule has 0 saturated carbocycles. The number of hydrogen-bond donors (Lipinski definition) is 1. The summed E-state index contributed by atoms with van der Waals surface area (Å²) >= 11 is 0. The Morgan fingerprint density at radius 1 is 0.892 bits per heavy atom. The largest absolute Gasteiger partial charge is 0.497 e. The summed E-state index contributed by atoms with van der Waals surface area (Å²) in [5.74, 6) is 1.20. The minimum atomic E-state index is -0.211. The van der Waals surface area contributed by atoms with Crippen molar-refractivity contribution in [1.29, 1.82) is 0 Å². The lowest BCUT2D eigenvalue weighted by molar-refractivity contribution is 0.0793. The van der Waals surface area contributed by atoms with E-state index in [-0.39, 0.29) is 11.8 Å². The van der Waals surface area contributed by atoms with E-state index in [0.29, 0.717) is 28.5 Å². The molecular weight excluding hydrogens is 462 g/mol. The van der Waals surface area contributed by atoms with Crippen molar-refractivity contribution in [2.75, 3.05) is 43.5 Å². The minimum Gasteiger partial charge on any atom is -0.497 e. The number of benzene rings is 3. The molecule has 3 aromatic carbocycles. The minimum absolute atomic E-state index is 0.0551.